The van der Waals surface area contributed by atoms with Gasteiger partial charge in [-0.3, -0.25) is 19.0 Å². The first-order chi connectivity index (χ1) is 17.0. The van der Waals surface area contributed by atoms with Crippen LogP contribution in [0.3, 0.4) is 0 Å². The summed E-state index contributed by atoms with van der Waals surface area (Å²) in [6.45, 7) is 3.88. The number of carbonyl (C=O) groups excluding carboxylic acids is 2. The maximum Gasteiger partial charge on any atom is 0.273 e. The number of carbonyl (C=O) groups is 2. The Kier molecular flexibility index (Phi) is 7.95. The van der Waals surface area contributed by atoms with Crippen LogP contribution < -0.4 is 16.2 Å². The summed E-state index contributed by atoms with van der Waals surface area (Å²) in [4.78, 5) is 43.4. The van der Waals surface area contributed by atoms with Gasteiger partial charge in [-0.25, -0.2) is 4.98 Å². The molecule has 2 aromatic carbocycles. The smallest absolute Gasteiger partial charge is 0.273 e. The Hall–Kier alpha value is -3.48. The number of hydrogen-bond acceptors (Lipinski definition) is 4. The van der Waals surface area contributed by atoms with Crippen molar-refractivity contribution in [2.45, 2.75) is 77.8 Å². The van der Waals surface area contributed by atoms with Gasteiger partial charge in [-0.2, -0.15) is 0 Å². The lowest BCUT2D eigenvalue weighted by molar-refractivity contribution is -0.122. The van der Waals surface area contributed by atoms with Crippen molar-refractivity contribution in [3.8, 4) is 0 Å². The highest BCUT2D eigenvalue weighted by Gasteiger charge is 2.18. The third-order valence-electron chi connectivity index (χ3n) is 6.79. The van der Waals surface area contributed by atoms with Crippen LogP contribution in [-0.2, 0) is 29.0 Å². The lowest BCUT2D eigenvalue weighted by atomic mass is 9.95. The molecule has 0 atom stereocenters. The Morgan fingerprint density at radius 3 is 2.57 bits per heavy atom. The van der Waals surface area contributed by atoms with Crippen LogP contribution >= 0.6 is 0 Å². The van der Waals surface area contributed by atoms with E-state index in [1.807, 2.05) is 50.2 Å². The van der Waals surface area contributed by atoms with Crippen molar-refractivity contribution in [1.29, 1.82) is 0 Å². The average molecular weight is 475 g/mol. The normalized spacial score (nSPS) is 14.1. The fourth-order valence-electron chi connectivity index (χ4n) is 4.87. The number of rotatable bonds is 8. The second kappa shape index (κ2) is 11.3. The van der Waals surface area contributed by atoms with Gasteiger partial charge in [-0.05, 0) is 49.4 Å². The first-order valence-electron chi connectivity index (χ1n) is 12.6. The molecule has 3 aromatic rings. The molecule has 0 radical (unpaired) electrons. The number of hydrogen-bond donors (Lipinski definition) is 2. The van der Waals surface area contributed by atoms with Crippen LogP contribution in [0.15, 0.2) is 47.3 Å². The predicted molar refractivity (Wildman–Crippen MR) is 139 cm³/mol. The minimum Gasteiger partial charge on any atom is -0.353 e. The number of fused-ring (bicyclic) bond motifs is 1. The van der Waals surface area contributed by atoms with Crippen LogP contribution in [0.2, 0.25) is 0 Å². The van der Waals surface area contributed by atoms with Gasteiger partial charge in [0.15, 0.2) is 0 Å². The maximum absolute atomic E-state index is 13.4. The van der Waals surface area contributed by atoms with E-state index in [9.17, 15) is 14.4 Å². The van der Waals surface area contributed by atoms with Gasteiger partial charge in [-0.1, -0.05) is 56.5 Å². The van der Waals surface area contributed by atoms with Crippen molar-refractivity contribution in [1.82, 2.24) is 14.9 Å². The van der Waals surface area contributed by atoms with Crippen LogP contribution in [-0.4, -0.2) is 27.4 Å². The van der Waals surface area contributed by atoms with Gasteiger partial charge in [0, 0.05) is 24.6 Å². The average Bonchev–Trinajstić information content (AvgIpc) is 2.86. The molecule has 7 heteroatoms. The number of aromatic nitrogens is 2. The molecular weight excluding hydrogens is 440 g/mol. The highest BCUT2D eigenvalue weighted by molar-refractivity contribution is 5.93. The summed E-state index contributed by atoms with van der Waals surface area (Å²) < 4.78 is 1.47. The summed E-state index contributed by atoms with van der Waals surface area (Å²) in [5.41, 5.74) is 4.04. The molecule has 0 saturated heterocycles. The lowest BCUT2D eigenvalue weighted by Crippen LogP contribution is -2.37. The summed E-state index contributed by atoms with van der Waals surface area (Å²) in [5.74, 6) is -0.323. The number of anilines is 1. The molecule has 2 amide bonds. The van der Waals surface area contributed by atoms with Gasteiger partial charge in [0.25, 0.3) is 5.56 Å². The van der Waals surface area contributed by atoms with E-state index in [1.165, 1.54) is 11.0 Å². The van der Waals surface area contributed by atoms with Gasteiger partial charge in [0.1, 0.15) is 12.2 Å². The van der Waals surface area contributed by atoms with E-state index in [0.29, 0.717) is 16.7 Å². The van der Waals surface area contributed by atoms with Crippen molar-refractivity contribution in [2.24, 2.45) is 0 Å². The molecule has 7 nitrogen and oxygen atoms in total. The Balaban J connectivity index is 1.53. The fourth-order valence-corrected chi connectivity index (χ4v) is 4.87. The van der Waals surface area contributed by atoms with Gasteiger partial charge >= 0.3 is 0 Å². The van der Waals surface area contributed by atoms with E-state index in [1.54, 1.807) is 6.07 Å². The SMILES string of the molecule is CCc1cccc(C)c1NC(=O)Cn1c(=O)c(CCC(=O)NC2CCCCC2)nc2ccccc21. The first-order valence-corrected chi connectivity index (χ1v) is 12.6. The molecule has 1 aromatic heterocycles. The second-order valence-electron chi connectivity index (χ2n) is 9.35. The van der Waals surface area contributed by atoms with Gasteiger partial charge in [-0.15, -0.1) is 0 Å². The zero-order chi connectivity index (χ0) is 24.8. The topological polar surface area (TPSA) is 93.1 Å². The molecule has 1 fully saturated rings. The zero-order valence-electron chi connectivity index (χ0n) is 20.6. The van der Waals surface area contributed by atoms with Crippen molar-refractivity contribution in [3.63, 3.8) is 0 Å². The molecule has 0 unspecified atom stereocenters. The summed E-state index contributed by atoms with van der Waals surface area (Å²) in [7, 11) is 0. The zero-order valence-corrected chi connectivity index (χ0v) is 20.6. The largest absolute Gasteiger partial charge is 0.353 e. The van der Waals surface area contributed by atoms with Crippen LogP contribution in [0.4, 0.5) is 5.69 Å². The van der Waals surface area contributed by atoms with Gasteiger partial charge in [0.05, 0.1) is 11.0 Å². The number of nitrogens with one attached hydrogen (secondary N) is 2. The van der Waals surface area contributed by atoms with E-state index in [2.05, 4.69) is 15.6 Å². The minimum absolute atomic E-state index is 0.0535. The third kappa shape index (κ3) is 5.96. The Morgan fingerprint density at radius 2 is 1.80 bits per heavy atom. The lowest BCUT2D eigenvalue weighted by Gasteiger charge is -2.22. The molecule has 35 heavy (non-hydrogen) atoms. The molecule has 0 spiro atoms. The number of benzene rings is 2. The highest BCUT2D eigenvalue weighted by Crippen LogP contribution is 2.21. The number of aryl methyl sites for hydroxylation is 3. The van der Waals surface area contributed by atoms with Gasteiger partial charge < -0.3 is 10.6 Å². The Bertz CT molecular complexity index is 1270. The minimum atomic E-state index is -0.329. The molecule has 1 saturated carbocycles. The van der Waals surface area contributed by atoms with E-state index in [4.69, 9.17) is 0 Å². The van der Waals surface area contributed by atoms with Crippen molar-refractivity contribution in [3.05, 3.63) is 69.6 Å². The first kappa shape index (κ1) is 24.6. The fraction of sp³-hybridized carbons (Fsp3) is 0.429. The van der Waals surface area contributed by atoms with E-state index < -0.39 is 0 Å². The highest BCUT2D eigenvalue weighted by atomic mass is 16.2. The second-order valence-corrected chi connectivity index (χ2v) is 9.35. The molecule has 0 aliphatic heterocycles. The Morgan fingerprint density at radius 1 is 1.03 bits per heavy atom. The van der Waals surface area contributed by atoms with Crippen LogP contribution in [0.25, 0.3) is 11.0 Å². The Labute approximate surface area is 206 Å². The van der Waals surface area contributed by atoms with Crippen molar-refractivity contribution in [2.75, 3.05) is 5.32 Å². The molecule has 2 N–H and O–H groups in total. The summed E-state index contributed by atoms with van der Waals surface area (Å²) in [6, 6.07) is 13.5. The van der Waals surface area contributed by atoms with Crippen LogP contribution in [0.1, 0.15) is 62.3 Å². The quantitative estimate of drug-likeness (QED) is 0.509. The molecular formula is C28H34N4O3. The standard InChI is InChI=1S/C28H34N4O3/c1-3-20-11-9-10-19(2)27(20)31-26(34)18-32-24-15-8-7-14-22(24)30-23(28(32)35)16-17-25(33)29-21-12-5-4-6-13-21/h7-11,14-15,21H,3-6,12-13,16-18H2,1-2H3,(H,29,33)(H,31,34). The molecule has 1 aliphatic rings. The van der Waals surface area contributed by atoms with E-state index in [-0.39, 0.29) is 42.8 Å². The van der Waals surface area contributed by atoms with Crippen LogP contribution in [0, 0.1) is 6.92 Å². The molecule has 1 heterocycles. The summed E-state index contributed by atoms with van der Waals surface area (Å²) >= 11 is 0. The van der Waals surface area contributed by atoms with E-state index >= 15 is 0 Å². The van der Waals surface area contributed by atoms with E-state index in [0.717, 1.165) is 48.9 Å². The van der Waals surface area contributed by atoms with Gasteiger partial charge in [0.2, 0.25) is 11.8 Å². The maximum atomic E-state index is 13.4. The summed E-state index contributed by atoms with van der Waals surface area (Å²) in [5, 5.41) is 6.10. The van der Waals surface area contributed by atoms with Crippen LogP contribution in [0.5, 0.6) is 0 Å². The number of amides is 2. The summed E-state index contributed by atoms with van der Waals surface area (Å²) in [6.07, 6.45) is 6.78. The monoisotopic (exact) mass is 474 g/mol. The number of nitrogens with zero attached hydrogens (tertiary/aromatic N) is 2. The number of para-hydroxylation sites is 3. The molecule has 0 bridgehead atoms. The third-order valence-corrected chi connectivity index (χ3v) is 6.79. The molecule has 4 rings (SSSR count). The van der Waals surface area contributed by atoms with Crippen molar-refractivity contribution < 1.29 is 9.59 Å². The molecule has 1 aliphatic carbocycles. The molecule has 184 valence electrons. The predicted octanol–water partition coefficient (Wildman–Crippen LogP) is 4.29. The van der Waals surface area contributed by atoms with Crippen molar-refractivity contribution >= 4 is 28.5 Å².